The fraction of sp³-hybridized carbons (Fsp3) is 0.333. The van der Waals surface area contributed by atoms with Crippen LogP contribution < -0.4 is 5.32 Å². The second-order valence-corrected chi connectivity index (χ2v) is 5.72. The third-order valence-electron chi connectivity index (χ3n) is 4.44. The fourth-order valence-electron chi connectivity index (χ4n) is 3.02. The summed E-state index contributed by atoms with van der Waals surface area (Å²) in [6.45, 7) is 3.86. The van der Waals surface area contributed by atoms with Gasteiger partial charge in [-0.05, 0) is 29.7 Å². The van der Waals surface area contributed by atoms with Gasteiger partial charge in [-0.1, -0.05) is 61.5 Å². The predicted octanol–water partition coefficient (Wildman–Crippen LogP) is 3.17. The van der Waals surface area contributed by atoms with Gasteiger partial charge in [0.25, 0.3) is 0 Å². The van der Waals surface area contributed by atoms with Gasteiger partial charge < -0.3 is 10.4 Å². The van der Waals surface area contributed by atoms with E-state index in [0.717, 1.165) is 25.1 Å². The summed E-state index contributed by atoms with van der Waals surface area (Å²) in [6, 6.07) is 18.7. The van der Waals surface area contributed by atoms with Crippen LogP contribution in [-0.2, 0) is 5.60 Å². The minimum atomic E-state index is -0.694. The molecule has 0 spiro atoms. The molecule has 20 heavy (non-hydrogen) atoms. The van der Waals surface area contributed by atoms with Gasteiger partial charge in [-0.2, -0.15) is 0 Å². The van der Waals surface area contributed by atoms with Crippen molar-refractivity contribution in [2.24, 2.45) is 5.92 Å². The zero-order valence-electron chi connectivity index (χ0n) is 11.8. The molecule has 1 saturated heterocycles. The zero-order chi connectivity index (χ0) is 14.0. The first-order valence-corrected chi connectivity index (χ1v) is 7.29. The first-order chi connectivity index (χ1) is 9.70. The Balaban J connectivity index is 1.90. The number of rotatable bonds is 2. The Hall–Kier alpha value is -1.64. The van der Waals surface area contributed by atoms with Crippen LogP contribution >= 0.6 is 0 Å². The van der Waals surface area contributed by atoms with Crippen molar-refractivity contribution in [2.45, 2.75) is 18.9 Å². The molecule has 2 N–H and O–H groups in total. The van der Waals surface area contributed by atoms with Crippen LogP contribution in [0.3, 0.4) is 0 Å². The lowest BCUT2D eigenvalue weighted by Gasteiger charge is -2.39. The summed E-state index contributed by atoms with van der Waals surface area (Å²) in [4.78, 5) is 0. The summed E-state index contributed by atoms with van der Waals surface area (Å²) in [6.07, 6.45) is 0.777. The lowest BCUT2D eigenvalue weighted by Crippen LogP contribution is -2.46. The molecule has 1 fully saturated rings. The minimum Gasteiger partial charge on any atom is -0.385 e. The van der Waals surface area contributed by atoms with Crippen LogP contribution in [0.5, 0.6) is 0 Å². The highest BCUT2D eigenvalue weighted by Crippen LogP contribution is 2.35. The van der Waals surface area contributed by atoms with Gasteiger partial charge >= 0.3 is 0 Å². The topological polar surface area (TPSA) is 32.3 Å². The molecule has 3 rings (SSSR count). The summed E-state index contributed by atoms with van der Waals surface area (Å²) >= 11 is 0. The smallest absolute Gasteiger partial charge is 0.0946 e. The van der Waals surface area contributed by atoms with E-state index in [1.54, 1.807) is 0 Å². The normalized spacial score (nSPS) is 26.4. The maximum Gasteiger partial charge on any atom is 0.0946 e. The molecule has 0 radical (unpaired) electrons. The van der Waals surface area contributed by atoms with E-state index in [1.807, 2.05) is 18.2 Å². The molecule has 0 bridgehead atoms. The van der Waals surface area contributed by atoms with Gasteiger partial charge in [-0.15, -0.1) is 0 Å². The number of aliphatic hydroxyl groups is 1. The molecular formula is C18H21NO. The van der Waals surface area contributed by atoms with E-state index in [-0.39, 0.29) is 5.92 Å². The molecule has 0 saturated carbocycles. The van der Waals surface area contributed by atoms with Crippen molar-refractivity contribution in [3.05, 3.63) is 60.2 Å². The van der Waals surface area contributed by atoms with Crippen molar-refractivity contribution in [2.75, 3.05) is 13.1 Å². The molecule has 1 heterocycles. The van der Waals surface area contributed by atoms with Crippen molar-refractivity contribution in [1.29, 1.82) is 0 Å². The maximum atomic E-state index is 10.9. The Bertz CT molecular complexity index is 564. The molecule has 1 aliphatic heterocycles. The van der Waals surface area contributed by atoms with Crippen molar-refractivity contribution < 1.29 is 5.11 Å². The second kappa shape index (κ2) is 5.39. The standard InChI is InChI=1S/C18H21NO/c1-14-13-19-12-11-18(14,20)17-9-7-16(8-10-17)15-5-3-2-4-6-15/h2-10,14,19-20H,11-13H2,1H3. The highest BCUT2D eigenvalue weighted by molar-refractivity contribution is 5.63. The number of hydrogen-bond acceptors (Lipinski definition) is 2. The molecule has 0 aliphatic carbocycles. The minimum absolute atomic E-state index is 0.235. The highest BCUT2D eigenvalue weighted by Gasteiger charge is 2.37. The van der Waals surface area contributed by atoms with E-state index in [4.69, 9.17) is 0 Å². The Kier molecular flexibility index (Phi) is 3.60. The Morgan fingerprint density at radius 3 is 2.30 bits per heavy atom. The van der Waals surface area contributed by atoms with Crippen LogP contribution in [0.2, 0.25) is 0 Å². The highest BCUT2D eigenvalue weighted by atomic mass is 16.3. The van der Waals surface area contributed by atoms with Gasteiger partial charge in [0, 0.05) is 12.5 Å². The number of hydrogen-bond donors (Lipinski definition) is 2. The summed E-state index contributed by atoms with van der Waals surface area (Å²) in [7, 11) is 0. The average molecular weight is 267 g/mol. The first-order valence-electron chi connectivity index (χ1n) is 7.29. The maximum absolute atomic E-state index is 10.9. The number of nitrogens with one attached hydrogen (secondary N) is 1. The third-order valence-corrected chi connectivity index (χ3v) is 4.44. The van der Waals surface area contributed by atoms with Crippen molar-refractivity contribution in [1.82, 2.24) is 5.32 Å². The molecule has 0 amide bonds. The molecule has 2 unspecified atom stereocenters. The number of benzene rings is 2. The van der Waals surface area contributed by atoms with E-state index >= 15 is 0 Å². The summed E-state index contributed by atoms with van der Waals surface area (Å²) in [5.74, 6) is 0.235. The van der Waals surface area contributed by atoms with Crippen LogP contribution in [0.1, 0.15) is 18.9 Å². The van der Waals surface area contributed by atoms with E-state index in [9.17, 15) is 5.11 Å². The molecule has 1 aliphatic rings. The Morgan fingerprint density at radius 2 is 1.65 bits per heavy atom. The van der Waals surface area contributed by atoms with E-state index in [2.05, 4.69) is 48.6 Å². The predicted molar refractivity (Wildman–Crippen MR) is 82.4 cm³/mol. The van der Waals surface area contributed by atoms with Crippen molar-refractivity contribution >= 4 is 0 Å². The van der Waals surface area contributed by atoms with Crippen LogP contribution in [0.15, 0.2) is 54.6 Å². The van der Waals surface area contributed by atoms with Gasteiger partial charge in [0.1, 0.15) is 0 Å². The fourth-order valence-corrected chi connectivity index (χ4v) is 3.02. The van der Waals surface area contributed by atoms with E-state index < -0.39 is 5.60 Å². The Morgan fingerprint density at radius 1 is 1.00 bits per heavy atom. The van der Waals surface area contributed by atoms with Gasteiger partial charge in [0.2, 0.25) is 0 Å². The largest absolute Gasteiger partial charge is 0.385 e. The third kappa shape index (κ3) is 2.37. The Labute approximate surface area is 120 Å². The molecule has 104 valence electrons. The summed E-state index contributed by atoms with van der Waals surface area (Å²) in [5, 5.41) is 14.3. The van der Waals surface area contributed by atoms with Crippen LogP contribution in [-0.4, -0.2) is 18.2 Å². The monoisotopic (exact) mass is 267 g/mol. The van der Waals surface area contributed by atoms with Gasteiger partial charge in [-0.3, -0.25) is 0 Å². The molecule has 2 atom stereocenters. The molecule has 2 nitrogen and oxygen atoms in total. The lowest BCUT2D eigenvalue weighted by molar-refractivity contribution is -0.0392. The zero-order valence-corrected chi connectivity index (χ0v) is 11.8. The molecular weight excluding hydrogens is 246 g/mol. The van der Waals surface area contributed by atoms with E-state index in [0.29, 0.717) is 0 Å². The van der Waals surface area contributed by atoms with Crippen molar-refractivity contribution in [3.8, 4) is 11.1 Å². The SMILES string of the molecule is CC1CNCCC1(O)c1ccc(-c2ccccc2)cc1. The molecule has 0 aromatic heterocycles. The molecule has 2 aromatic carbocycles. The van der Waals surface area contributed by atoms with Crippen LogP contribution in [0.4, 0.5) is 0 Å². The number of piperidine rings is 1. The first kappa shape index (κ1) is 13.3. The lowest BCUT2D eigenvalue weighted by atomic mass is 9.77. The van der Waals surface area contributed by atoms with Crippen LogP contribution in [0.25, 0.3) is 11.1 Å². The average Bonchev–Trinajstić information content (AvgIpc) is 2.51. The van der Waals surface area contributed by atoms with E-state index in [1.165, 1.54) is 11.1 Å². The van der Waals surface area contributed by atoms with Gasteiger partial charge in [-0.25, -0.2) is 0 Å². The second-order valence-electron chi connectivity index (χ2n) is 5.72. The molecule has 2 heteroatoms. The van der Waals surface area contributed by atoms with Crippen molar-refractivity contribution in [3.63, 3.8) is 0 Å². The summed E-state index contributed by atoms with van der Waals surface area (Å²) < 4.78 is 0. The van der Waals surface area contributed by atoms with Gasteiger partial charge in [0.05, 0.1) is 5.60 Å². The van der Waals surface area contributed by atoms with Gasteiger partial charge in [0.15, 0.2) is 0 Å². The van der Waals surface area contributed by atoms with Crippen LogP contribution in [0, 0.1) is 5.92 Å². The molecule has 2 aromatic rings. The summed E-state index contributed by atoms with van der Waals surface area (Å²) in [5.41, 5.74) is 2.75. The quantitative estimate of drug-likeness (QED) is 0.876.